The first-order valence-electron chi connectivity index (χ1n) is 9.82. The Morgan fingerprint density at radius 1 is 1.11 bits per heavy atom. The maximum Gasteiger partial charge on any atom is 0.251 e. The number of nitrogens with one attached hydrogen (secondary N) is 1. The number of hydrogen-bond donors (Lipinski definition) is 1. The molecule has 1 aliphatic carbocycles. The lowest BCUT2D eigenvalue weighted by molar-refractivity contribution is 0.0950. The number of rotatable bonds is 6. The van der Waals surface area contributed by atoms with Crippen molar-refractivity contribution in [1.29, 1.82) is 0 Å². The molecule has 4 rings (SSSR count). The zero-order valence-corrected chi connectivity index (χ0v) is 17.1. The SMILES string of the molecule is CC(C)Sc1ccc(C(=O)NCc2nn(-c3ccccc3)c3c2CCC3)cc1. The average Bonchev–Trinajstić information content (AvgIpc) is 3.30. The van der Waals surface area contributed by atoms with Crippen molar-refractivity contribution >= 4 is 17.7 Å². The van der Waals surface area contributed by atoms with Gasteiger partial charge in [0.1, 0.15) is 0 Å². The van der Waals surface area contributed by atoms with Gasteiger partial charge in [-0.05, 0) is 61.2 Å². The largest absolute Gasteiger partial charge is 0.346 e. The van der Waals surface area contributed by atoms with Crippen LogP contribution in [0.4, 0.5) is 0 Å². The van der Waals surface area contributed by atoms with Crippen LogP contribution in [0.2, 0.25) is 0 Å². The molecular weight excluding hydrogens is 366 g/mol. The minimum absolute atomic E-state index is 0.0536. The molecule has 0 saturated carbocycles. The molecule has 1 aromatic heterocycles. The standard InChI is InChI=1S/C23H25N3OS/c1-16(2)28-19-13-11-17(12-14-19)23(27)24-15-21-20-9-6-10-22(20)26(25-21)18-7-4-3-5-8-18/h3-5,7-8,11-14,16H,6,9-10,15H2,1-2H3,(H,24,27). The molecule has 1 amide bonds. The molecule has 4 nitrogen and oxygen atoms in total. The summed E-state index contributed by atoms with van der Waals surface area (Å²) in [4.78, 5) is 13.8. The highest BCUT2D eigenvalue weighted by atomic mass is 32.2. The maximum absolute atomic E-state index is 12.6. The third-order valence-corrected chi connectivity index (χ3v) is 5.93. The lowest BCUT2D eigenvalue weighted by Gasteiger charge is -2.07. The summed E-state index contributed by atoms with van der Waals surface area (Å²) in [5.41, 5.74) is 5.33. The predicted octanol–water partition coefficient (Wildman–Crippen LogP) is 4.79. The first-order valence-corrected chi connectivity index (χ1v) is 10.7. The van der Waals surface area contributed by atoms with Crippen LogP contribution in [-0.2, 0) is 19.4 Å². The van der Waals surface area contributed by atoms with Crippen LogP contribution >= 0.6 is 11.8 Å². The third-order valence-electron chi connectivity index (χ3n) is 4.92. The van der Waals surface area contributed by atoms with E-state index in [1.807, 2.05) is 47.1 Å². The number of hydrogen-bond acceptors (Lipinski definition) is 3. The van der Waals surface area contributed by atoms with Gasteiger partial charge in [0.2, 0.25) is 0 Å². The summed E-state index contributed by atoms with van der Waals surface area (Å²) in [6, 6.07) is 18.0. The maximum atomic E-state index is 12.6. The van der Waals surface area contributed by atoms with Gasteiger partial charge in [0.05, 0.1) is 17.9 Å². The van der Waals surface area contributed by atoms with Crippen LogP contribution in [0.3, 0.4) is 0 Å². The minimum atomic E-state index is -0.0536. The summed E-state index contributed by atoms with van der Waals surface area (Å²) < 4.78 is 2.04. The first-order chi connectivity index (χ1) is 13.6. The highest BCUT2D eigenvalue weighted by Gasteiger charge is 2.23. The monoisotopic (exact) mass is 391 g/mol. The van der Waals surface area contributed by atoms with Gasteiger partial charge < -0.3 is 5.32 Å². The van der Waals surface area contributed by atoms with Crippen LogP contribution in [0.15, 0.2) is 59.5 Å². The zero-order chi connectivity index (χ0) is 19.5. The number of benzene rings is 2. The van der Waals surface area contributed by atoms with Crippen molar-refractivity contribution < 1.29 is 4.79 Å². The normalized spacial score (nSPS) is 13.0. The van der Waals surface area contributed by atoms with Crippen LogP contribution in [0, 0.1) is 0 Å². The topological polar surface area (TPSA) is 46.9 Å². The molecule has 0 bridgehead atoms. The molecule has 0 spiro atoms. The van der Waals surface area contributed by atoms with Crippen LogP contribution in [0.5, 0.6) is 0 Å². The molecule has 1 N–H and O–H groups in total. The molecular formula is C23H25N3OS. The number of aromatic nitrogens is 2. The number of fused-ring (bicyclic) bond motifs is 1. The number of thioether (sulfide) groups is 1. The number of nitrogens with zero attached hydrogens (tertiary/aromatic N) is 2. The van der Waals surface area contributed by atoms with Crippen molar-refractivity contribution in [2.75, 3.05) is 0 Å². The Morgan fingerprint density at radius 3 is 2.57 bits per heavy atom. The molecule has 28 heavy (non-hydrogen) atoms. The summed E-state index contributed by atoms with van der Waals surface area (Å²) in [5.74, 6) is -0.0536. The van der Waals surface area contributed by atoms with Crippen molar-refractivity contribution in [3.05, 3.63) is 77.1 Å². The van der Waals surface area contributed by atoms with Crippen LogP contribution in [0.1, 0.15) is 47.6 Å². The van der Waals surface area contributed by atoms with E-state index in [0.29, 0.717) is 17.4 Å². The van der Waals surface area contributed by atoms with E-state index < -0.39 is 0 Å². The van der Waals surface area contributed by atoms with E-state index >= 15 is 0 Å². The Labute approximate surface area is 170 Å². The van der Waals surface area contributed by atoms with Crippen LogP contribution < -0.4 is 5.32 Å². The highest BCUT2D eigenvalue weighted by molar-refractivity contribution is 7.99. The van der Waals surface area contributed by atoms with Gasteiger partial charge >= 0.3 is 0 Å². The molecule has 0 saturated heterocycles. The van der Waals surface area contributed by atoms with Gasteiger partial charge in [-0.25, -0.2) is 4.68 Å². The molecule has 0 radical (unpaired) electrons. The van der Waals surface area contributed by atoms with Crippen LogP contribution in [-0.4, -0.2) is 20.9 Å². The Morgan fingerprint density at radius 2 is 1.86 bits per heavy atom. The van der Waals surface area contributed by atoms with Crippen molar-refractivity contribution in [3.8, 4) is 5.69 Å². The number of para-hydroxylation sites is 1. The minimum Gasteiger partial charge on any atom is -0.346 e. The van der Waals surface area contributed by atoms with Gasteiger partial charge in [-0.2, -0.15) is 5.10 Å². The molecule has 5 heteroatoms. The van der Waals surface area contributed by atoms with Crippen molar-refractivity contribution in [1.82, 2.24) is 15.1 Å². The highest BCUT2D eigenvalue weighted by Crippen LogP contribution is 2.28. The Kier molecular flexibility index (Phi) is 5.53. The van der Waals surface area contributed by atoms with E-state index in [1.54, 1.807) is 11.8 Å². The smallest absolute Gasteiger partial charge is 0.251 e. The second kappa shape index (κ2) is 8.23. The summed E-state index contributed by atoms with van der Waals surface area (Å²) in [5, 5.41) is 8.39. The van der Waals surface area contributed by atoms with E-state index in [1.165, 1.54) is 16.2 Å². The molecule has 2 aromatic carbocycles. The van der Waals surface area contributed by atoms with Gasteiger partial charge in [-0.1, -0.05) is 32.0 Å². The van der Waals surface area contributed by atoms with Gasteiger partial charge in [0, 0.05) is 21.4 Å². The van der Waals surface area contributed by atoms with E-state index in [9.17, 15) is 4.79 Å². The van der Waals surface area contributed by atoms with Crippen LogP contribution in [0.25, 0.3) is 5.69 Å². The molecule has 0 aliphatic heterocycles. The summed E-state index contributed by atoms with van der Waals surface area (Å²) >= 11 is 1.80. The first kappa shape index (κ1) is 18.8. The second-order valence-corrected chi connectivity index (χ2v) is 9.00. The lowest BCUT2D eigenvalue weighted by Crippen LogP contribution is -2.23. The fraction of sp³-hybridized carbons (Fsp3) is 0.304. The molecule has 0 fully saturated rings. The Bertz CT molecular complexity index is 962. The third kappa shape index (κ3) is 3.99. The molecule has 144 valence electrons. The second-order valence-electron chi connectivity index (χ2n) is 7.35. The quantitative estimate of drug-likeness (QED) is 0.615. The lowest BCUT2D eigenvalue weighted by atomic mass is 10.2. The van der Waals surface area contributed by atoms with E-state index in [-0.39, 0.29) is 5.91 Å². The molecule has 3 aromatic rings. The van der Waals surface area contributed by atoms with Crippen molar-refractivity contribution in [2.24, 2.45) is 0 Å². The van der Waals surface area contributed by atoms with E-state index in [0.717, 1.165) is 30.6 Å². The molecule has 0 atom stereocenters. The van der Waals surface area contributed by atoms with E-state index in [2.05, 4.69) is 31.3 Å². The summed E-state index contributed by atoms with van der Waals surface area (Å²) in [6.07, 6.45) is 3.23. The Balaban J connectivity index is 1.47. The number of carbonyl (C=O) groups excluding carboxylic acids is 1. The number of carbonyl (C=O) groups is 1. The molecule has 0 unspecified atom stereocenters. The summed E-state index contributed by atoms with van der Waals surface area (Å²) in [6.45, 7) is 4.79. The zero-order valence-electron chi connectivity index (χ0n) is 16.3. The van der Waals surface area contributed by atoms with Gasteiger partial charge in [-0.3, -0.25) is 4.79 Å². The molecule has 1 heterocycles. The predicted molar refractivity (Wildman–Crippen MR) is 114 cm³/mol. The number of amides is 1. The van der Waals surface area contributed by atoms with Gasteiger partial charge in [0.15, 0.2) is 0 Å². The van der Waals surface area contributed by atoms with Crippen molar-refractivity contribution in [2.45, 2.75) is 49.8 Å². The van der Waals surface area contributed by atoms with Gasteiger partial charge in [0.25, 0.3) is 5.91 Å². The Hall–Kier alpha value is -2.53. The summed E-state index contributed by atoms with van der Waals surface area (Å²) in [7, 11) is 0. The fourth-order valence-electron chi connectivity index (χ4n) is 3.66. The van der Waals surface area contributed by atoms with E-state index in [4.69, 9.17) is 5.10 Å². The van der Waals surface area contributed by atoms with Crippen molar-refractivity contribution in [3.63, 3.8) is 0 Å². The fourth-order valence-corrected chi connectivity index (χ4v) is 4.50. The average molecular weight is 392 g/mol. The molecule has 1 aliphatic rings. The van der Waals surface area contributed by atoms with Gasteiger partial charge in [-0.15, -0.1) is 11.8 Å².